The van der Waals surface area contributed by atoms with E-state index in [1.54, 1.807) is 5.57 Å². The highest BCUT2D eigenvalue weighted by Crippen LogP contribution is 2.53. The van der Waals surface area contributed by atoms with Crippen LogP contribution in [0.4, 0.5) is 0 Å². The fourth-order valence-corrected chi connectivity index (χ4v) is 4.09. The van der Waals surface area contributed by atoms with Gasteiger partial charge >= 0.3 is 0 Å². The summed E-state index contributed by atoms with van der Waals surface area (Å²) in [6.45, 7) is 17.4. The number of allylic oxidation sites excluding steroid dienone is 3. The zero-order valence-corrected chi connectivity index (χ0v) is 13.7. The molecule has 2 nitrogen and oxygen atoms in total. The van der Waals surface area contributed by atoms with Crippen molar-refractivity contribution in [1.82, 2.24) is 4.90 Å². The van der Waals surface area contributed by atoms with Crippen molar-refractivity contribution in [3.8, 4) is 0 Å². The van der Waals surface area contributed by atoms with Crippen LogP contribution in [-0.4, -0.2) is 17.0 Å². The highest BCUT2D eigenvalue weighted by molar-refractivity contribution is 5.34. The zero-order valence-electron chi connectivity index (χ0n) is 13.7. The van der Waals surface area contributed by atoms with Gasteiger partial charge in [0.05, 0.1) is 0 Å². The molecule has 1 saturated heterocycles. The van der Waals surface area contributed by atoms with E-state index in [1.165, 1.54) is 17.8 Å². The lowest BCUT2D eigenvalue weighted by Crippen LogP contribution is -2.44. The SMILES string of the molecule is CC(C)=C(N)CC1=C(C)N2CC(C)C(C)C2(C)C1C. The summed E-state index contributed by atoms with van der Waals surface area (Å²) in [5, 5.41) is 0. The molecular weight excluding hydrogens is 232 g/mol. The fraction of sp³-hybridized carbons (Fsp3) is 0.765. The van der Waals surface area contributed by atoms with Gasteiger partial charge in [0.25, 0.3) is 0 Å². The summed E-state index contributed by atoms with van der Waals surface area (Å²) in [7, 11) is 0. The Hall–Kier alpha value is -0.920. The third kappa shape index (κ3) is 1.91. The number of hydrogen-bond acceptors (Lipinski definition) is 2. The molecule has 2 heterocycles. The van der Waals surface area contributed by atoms with Gasteiger partial charge in [0.15, 0.2) is 0 Å². The third-order valence-electron chi connectivity index (χ3n) is 6.12. The van der Waals surface area contributed by atoms with Crippen molar-refractivity contribution < 1.29 is 0 Å². The molecular formula is C17H30N2. The molecule has 108 valence electrons. The minimum atomic E-state index is 0.292. The van der Waals surface area contributed by atoms with Gasteiger partial charge in [-0.05, 0) is 45.1 Å². The molecule has 0 saturated carbocycles. The summed E-state index contributed by atoms with van der Waals surface area (Å²) < 4.78 is 0. The molecule has 0 aliphatic carbocycles. The molecule has 2 N–H and O–H groups in total. The molecule has 2 rings (SSSR count). The van der Waals surface area contributed by atoms with E-state index < -0.39 is 0 Å². The molecule has 2 aliphatic rings. The van der Waals surface area contributed by atoms with Crippen LogP contribution < -0.4 is 5.73 Å². The Bertz CT molecular complexity index is 442. The molecule has 0 radical (unpaired) electrons. The Morgan fingerprint density at radius 2 is 1.89 bits per heavy atom. The van der Waals surface area contributed by atoms with E-state index in [9.17, 15) is 0 Å². The van der Waals surface area contributed by atoms with Crippen LogP contribution in [0, 0.1) is 17.8 Å². The summed E-state index contributed by atoms with van der Waals surface area (Å²) in [5.41, 5.74) is 11.8. The molecule has 0 aromatic carbocycles. The van der Waals surface area contributed by atoms with E-state index in [2.05, 4.69) is 53.4 Å². The maximum atomic E-state index is 6.20. The maximum absolute atomic E-state index is 6.20. The first-order valence-electron chi connectivity index (χ1n) is 7.60. The number of nitrogens with two attached hydrogens (primary N) is 1. The first-order chi connectivity index (χ1) is 8.71. The second-order valence-electron chi connectivity index (χ2n) is 7.14. The van der Waals surface area contributed by atoms with Gasteiger partial charge in [-0.3, -0.25) is 0 Å². The number of nitrogens with zero attached hydrogens (tertiary/aromatic N) is 1. The summed E-state index contributed by atoms with van der Waals surface area (Å²) >= 11 is 0. The number of rotatable bonds is 2. The van der Waals surface area contributed by atoms with E-state index in [0.717, 1.165) is 24.0 Å². The van der Waals surface area contributed by atoms with E-state index in [-0.39, 0.29) is 0 Å². The molecule has 1 fully saturated rings. The highest BCUT2D eigenvalue weighted by Gasteiger charge is 2.54. The molecule has 4 unspecified atom stereocenters. The van der Waals surface area contributed by atoms with Crippen LogP contribution in [0.3, 0.4) is 0 Å². The van der Waals surface area contributed by atoms with Crippen LogP contribution in [0.1, 0.15) is 54.9 Å². The summed E-state index contributed by atoms with van der Waals surface area (Å²) in [5.74, 6) is 2.12. The average Bonchev–Trinajstić information content (AvgIpc) is 2.67. The first kappa shape index (κ1) is 14.5. The molecule has 2 aliphatic heterocycles. The fourth-order valence-electron chi connectivity index (χ4n) is 4.09. The van der Waals surface area contributed by atoms with Gasteiger partial charge in [0, 0.05) is 35.8 Å². The highest BCUT2D eigenvalue weighted by atomic mass is 15.3. The predicted octanol–water partition coefficient (Wildman–Crippen LogP) is 3.90. The number of fused-ring (bicyclic) bond motifs is 1. The smallest absolute Gasteiger partial charge is 0.0463 e. The normalized spacial score (nSPS) is 37.8. The molecule has 2 heteroatoms. The zero-order chi connectivity index (χ0) is 14.5. The topological polar surface area (TPSA) is 29.3 Å². The van der Waals surface area contributed by atoms with Crippen LogP contribution in [0.2, 0.25) is 0 Å². The second-order valence-corrected chi connectivity index (χ2v) is 7.14. The van der Waals surface area contributed by atoms with Crippen LogP contribution in [0.5, 0.6) is 0 Å². The van der Waals surface area contributed by atoms with Crippen molar-refractivity contribution in [3.05, 3.63) is 22.5 Å². The molecule has 19 heavy (non-hydrogen) atoms. The minimum Gasteiger partial charge on any atom is -0.402 e. The van der Waals surface area contributed by atoms with Crippen LogP contribution in [0.15, 0.2) is 22.5 Å². The van der Waals surface area contributed by atoms with Crippen molar-refractivity contribution in [2.24, 2.45) is 23.5 Å². The predicted molar refractivity (Wildman–Crippen MR) is 82.5 cm³/mol. The monoisotopic (exact) mass is 262 g/mol. The molecule has 0 amide bonds. The van der Waals surface area contributed by atoms with Crippen molar-refractivity contribution in [2.45, 2.75) is 60.4 Å². The minimum absolute atomic E-state index is 0.292. The van der Waals surface area contributed by atoms with Crippen LogP contribution in [0.25, 0.3) is 0 Å². The molecule has 0 aromatic rings. The van der Waals surface area contributed by atoms with Gasteiger partial charge in [-0.25, -0.2) is 0 Å². The lowest BCUT2D eigenvalue weighted by Gasteiger charge is -2.39. The van der Waals surface area contributed by atoms with Crippen molar-refractivity contribution >= 4 is 0 Å². The molecule has 0 aromatic heterocycles. The Morgan fingerprint density at radius 3 is 2.37 bits per heavy atom. The van der Waals surface area contributed by atoms with Gasteiger partial charge in [-0.2, -0.15) is 0 Å². The lowest BCUT2D eigenvalue weighted by atomic mass is 9.73. The molecule has 4 atom stereocenters. The standard InChI is InChI=1S/C17H30N2/c1-10(2)16(18)8-15-13(5)17(7)12(4)11(3)9-19(17)14(15)6/h11-13H,8-9,18H2,1-7H3. The lowest BCUT2D eigenvalue weighted by molar-refractivity contribution is 0.143. The van der Waals surface area contributed by atoms with Gasteiger partial charge in [-0.15, -0.1) is 0 Å². The number of hydrogen-bond donors (Lipinski definition) is 1. The van der Waals surface area contributed by atoms with Crippen molar-refractivity contribution in [2.75, 3.05) is 6.54 Å². The van der Waals surface area contributed by atoms with E-state index in [1.807, 2.05) is 0 Å². The maximum Gasteiger partial charge on any atom is 0.0463 e. The largest absolute Gasteiger partial charge is 0.402 e. The van der Waals surface area contributed by atoms with Gasteiger partial charge in [0.1, 0.15) is 0 Å². The Balaban J connectivity index is 2.36. The quantitative estimate of drug-likeness (QED) is 0.818. The van der Waals surface area contributed by atoms with Crippen molar-refractivity contribution in [3.63, 3.8) is 0 Å². The van der Waals surface area contributed by atoms with Gasteiger partial charge in [0.2, 0.25) is 0 Å². The van der Waals surface area contributed by atoms with Crippen LogP contribution in [-0.2, 0) is 0 Å². The van der Waals surface area contributed by atoms with Gasteiger partial charge < -0.3 is 10.6 Å². The Morgan fingerprint density at radius 1 is 1.32 bits per heavy atom. The first-order valence-corrected chi connectivity index (χ1v) is 7.60. The van der Waals surface area contributed by atoms with Crippen molar-refractivity contribution in [1.29, 1.82) is 0 Å². The van der Waals surface area contributed by atoms with E-state index in [4.69, 9.17) is 5.73 Å². The Kier molecular flexibility index (Phi) is 3.49. The summed E-state index contributed by atoms with van der Waals surface area (Å²) in [6.07, 6.45) is 0.947. The third-order valence-corrected chi connectivity index (χ3v) is 6.12. The van der Waals surface area contributed by atoms with Crippen LogP contribution >= 0.6 is 0 Å². The average molecular weight is 262 g/mol. The van der Waals surface area contributed by atoms with Gasteiger partial charge in [-0.1, -0.05) is 26.3 Å². The summed E-state index contributed by atoms with van der Waals surface area (Å²) in [4.78, 5) is 2.65. The molecule has 0 bridgehead atoms. The van der Waals surface area contributed by atoms with E-state index >= 15 is 0 Å². The Labute approximate surface area is 118 Å². The summed E-state index contributed by atoms with van der Waals surface area (Å²) in [6, 6.07) is 0. The molecule has 0 spiro atoms. The second kappa shape index (κ2) is 4.57. The van der Waals surface area contributed by atoms with E-state index in [0.29, 0.717) is 11.5 Å².